The molecule has 0 aliphatic heterocycles. The van der Waals surface area contributed by atoms with E-state index >= 15 is 0 Å². The van der Waals surface area contributed by atoms with Crippen LogP contribution in [0.1, 0.15) is 25.7 Å². The topological polar surface area (TPSA) is 0 Å². The summed E-state index contributed by atoms with van der Waals surface area (Å²) in [6, 6.07) is 4.48. The maximum absolute atomic E-state index is 3.75. The fourth-order valence-corrected chi connectivity index (χ4v) is 4.53. The molecule has 0 aliphatic carbocycles. The van der Waals surface area contributed by atoms with Crippen LogP contribution in [0.4, 0.5) is 0 Å². The van der Waals surface area contributed by atoms with Crippen LogP contribution in [-0.4, -0.2) is 0 Å². The molecule has 0 aromatic carbocycles. The van der Waals surface area contributed by atoms with Gasteiger partial charge in [-0.05, 0) is 58.4 Å². The van der Waals surface area contributed by atoms with Gasteiger partial charge in [0.15, 0.2) is 0 Å². The molecule has 0 nitrogen and oxygen atoms in total. The summed E-state index contributed by atoms with van der Waals surface area (Å²) in [5.41, 5.74) is 2.66. The predicted molar refractivity (Wildman–Crippen MR) is 76.6 cm³/mol. The Morgan fingerprint density at radius 1 is 1.27 bits per heavy atom. The van der Waals surface area contributed by atoms with E-state index in [0.29, 0.717) is 4.83 Å². The fraction of sp³-hybridized carbons (Fsp3) is 0.273. The van der Waals surface area contributed by atoms with E-state index in [1.807, 2.05) is 0 Å². The minimum atomic E-state index is 0.331. The molecule has 0 spiro atoms. The monoisotopic (exact) mass is 364 g/mol. The van der Waals surface area contributed by atoms with Crippen molar-refractivity contribution in [3.8, 4) is 0 Å². The Balaban J connectivity index is 2.31. The predicted octanol–water partition coefficient (Wildman–Crippen LogP) is 5.67. The van der Waals surface area contributed by atoms with Gasteiger partial charge in [-0.3, -0.25) is 0 Å². The molecule has 0 saturated carbocycles. The zero-order valence-corrected chi connectivity index (χ0v) is 13.2. The van der Waals surface area contributed by atoms with E-state index in [9.17, 15) is 0 Å². The van der Waals surface area contributed by atoms with Crippen LogP contribution < -0.4 is 0 Å². The highest BCUT2D eigenvalue weighted by molar-refractivity contribution is 9.11. The van der Waals surface area contributed by atoms with Crippen LogP contribution >= 0.6 is 54.5 Å². The summed E-state index contributed by atoms with van der Waals surface area (Å²) in [5.74, 6) is 0. The van der Waals surface area contributed by atoms with E-state index < -0.39 is 0 Å². The molecular weight excluding hydrogens is 356 g/mol. The van der Waals surface area contributed by atoms with E-state index in [1.54, 1.807) is 22.7 Å². The summed E-state index contributed by atoms with van der Waals surface area (Å²) in [7, 11) is 0. The largest absolute Gasteiger partial charge is 0.149 e. The van der Waals surface area contributed by atoms with E-state index in [4.69, 9.17) is 0 Å². The van der Waals surface area contributed by atoms with Gasteiger partial charge in [0.1, 0.15) is 0 Å². The van der Waals surface area contributed by atoms with Crippen molar-refractivity contribution in [1.29, 1.82) is 0 Å². The van der Waals surface area contributed by atoms with Crippen molar-refractivity contribution in [2.24, 2.45) is 0 Å². The Morgan fingerprint density at radius 3 is 2.47 bits per heavy atom. The number of alkyl halides is 1. The molecule has 0 fully saturated rings. The highest BCUT2D eigenvalue weighted by Gasteiger charge is 2.15. The van der Waals surface area contributed by atoms with Gasteiger partial charge in [0.05, 0.1) is 8.61 Å². The maximum Gasteiger partial charge on any atom is 0.0746 e. The minimum absolute atomic E-state index is 0.331. The molecule has 0 aliphatic rings. The van der Waals surface area contributed by atoms with Crippen LogP contribution in [0, 0.1) is 13.8 Å². The molecule has 0 radical (unpaired) electrons. The van der Waals surface area contributed by atoms with Crippen molar-refractivity contribution in [2.45, 2.75) is 18.7 Å². The summed E-state index contributed by atoms with van der Waals surface area (Å²) in [6.07, 6.45) is 0. The number of halogens is 2. The molecule has 4 heteroatoms. The lowest BCUT2D eigenvalue weighted by atomic mass is 10.2. The molecule has 80 valence electrons. The summed E-state index contributed by atoms with van der Waals surface area (Å²) in [5, 5.41) is 2.22. The molecular formula is C11H10Br2S2. The lowest BCUT2D eigenvalue weighted by Gasteiger charge is -2.03. The van der Waals surface area contributed by atoms with Crippen molar-refractivity contribution in [1.82, 2.24) is 0 Å². The van der Waals surface area contributed by atoms with Crippen LogP contribution in [-0.2, 0) is 0 Å². The summed E-state index contributed by atoms with van der Waals surface area (Å²) in [6.45, 7) is 4.27. The molecule has 1 atom stereocenters. The molecule has 0 saturated heterocycles. The number of rotatable bonds is 2. The fourth-order valence-electron chi connectivity index (χ4n) is 1.37. The molecule has 2 heterocycles. The molecule has 1 unspecified atom stereocenters. The highest BCUT2D eigenvalue weighted by atomic mass is 79.9. The molecule has 2 rings (SSSR count). The quantitative estimate of drug-likeness (QED) is 0.601. The lowest BCUT2D eigenvalue weighted by molar-refractivity contribution is 1.24. The third-order valence-electron chi connectivity index (χ3n) is 2.17. The summed E-state index contributed by atoms with van der Waals surface area (Å²) < 4.78 is 1.23. The van der Waals surface area contributed by atoms with Gasteiger partial charge in [-0.2, -0.15) is 0 Å². The Bertz CT molecular complexity index is 451. The lowest BCUT2D eigenvalue weighted by Crippen LogP contribution is -1.85. The van der Waals surface area contributed by atoms with Crippen molar-refractivity contribution in [3.63, 3.8) is 0 Å². The summed E-state index contributed by atoms with van der Waals surface area (Å²) in [4.78, 5) is 3.05. The minimum Gasteiger partial charge on any atom is -0.149 e. The standard InChI is InChI=1S/C11H10Br2S2/c1-6-3-9(15-11(6)13)10(12)8-4-7(2)14-5-8/h3-5,10H,1-2H3. The van der Waals surface area contributed by atoms with Crippen LogP contribution in [0.3, 0.4) is 0 Å². The Labute approximate surface area is 115 Å². The van der Waals surface area contributed by atoms with E-state index in [2.05, 4.69) is 63.2 Å². The van der Waals surface area contributed by atoms with Gasteiger partial charge in [-0.15, -0.1) is 22.7 Å². The molecule has 0 amide bonds. The Kier molecular flexibility index (Phi) is 3.71. The van der Waals surface area contributed by atoms with Gasteiger partial charge in [0, 0.05) is 9.75 Å². The van der Waals surface area contributed by atoms with Gasteiger partial charge in [-0.25, -0.2) is 0 Å². The first kappa shape index (κ1) is 11.8. The summed E-state index contributed by atoms with van der Waals surface area (Å²) >= 11 is 10.9. The Hall–Kier alpha value is 0.360. The number of hydrogen-bond donors (Lipinski definition) is 0. The average molecular weight is 366 g/mol. The zero-order valence-electron chi connectivity index (χ0n) is 8.38. The van der Waals surface area contributed by atoms with E-state index in [-0.39, 0.29) is 0 Å². The van der Waals surface area contributed by atoms with E-state index in [1.165, 1.54) is 24.7 Å². The number of hydrogen-bond acceptors (Lipinski definition) is 2. The van der Waals surface area contributed by atoms with Crippen LogP contribution in [0.5, 0.6) is 0 Å². The van der Waals surface area contributed by atoms with Gasteiger partial charge in [0.25, 0.3) is 0 Å². The van der Waals surface area contributed by atoms with Gasteiger partial charge in [-0.1, -0.05) is 15.9 Å². The second-order valence-electron chi connectivity index (χ2n) is 3.46. The first-order valence-corrected chi connectivity index (χ1v) is 7.93. The smallest absolute Gasteiger partial charge is 0.0746 e. The zero-order chi connectivity index (χ0) is 11.0. The highest BCUT2D eigenvalue weighted by Crippen LogP contribution is 2.40. The average Bonchev–Trinajstić information content (AvgIpc) is 2.74. The third kappa shape index (κ3) is 2.54. The number of thiophene rings is 2. The first-order valence-electron chi connectivity index (χ1n) is 4.53. The number of aryl methyl sites for hydroxylation is 2. The molecule has 2 aromatic rings. The molecule has 15 heavy (non-hydrogen) atoms. The van der Waals surface area contributed by atoms with Gasteiger partial charge in [0.2, 0.25) is 0 Å². The second kappa shape index (κ2) is 4.70. The van der Waals surface area contributed by atoms with E-state index in [0.717, 1.165) is 0 Å². The van der Waals surface area contributed by atoms with Gasteiger partial charge >= 0.3 is 0 Å². The molecule has 0 bridgehead atoms. The normalized spacial score (nSPS) is 13.1. The van der Waals surface area contributed by atoms with Crippen molar-refractivity contribution in [2.75, 3.05) is 0 Å². The third-order valence-corrected chi connectivity index (χ3v) is 6.58. The SMILES string of the molecule is Cc1cc(C(Br)c2cc(C)c(Br)s2)cs1. The van der Waals surface area contributed by atoms with Crippen molar-refractivity contribution < 1.29 is 0 Å². The first-order chi connectivity index (χ1) is 7.08. The molecule has 0 N–H and O–H groups in total. The molecule has 2 aromatic heterocycles. The van der Waals surface area contributed by atoms with Crippen LogP contribution in [0.15, 0.2) is 21.3 Å². The van der Waals surface area contributed by atoms with Crippen molar-refractivity contribution in [3.05, 3.63) is 42.2 Å². The van der Waals surface area contributed by atoms with Gasteiger partial charge < -0.3 is 0 Å². The Morgan fingerprint density at radius 2 is 2.00 bits per heavy atom. The second-order valence-corrected chi connectivity index (χ2v) is 7.89. The van der Waals surface area contributed by atoms with Crippen LogP contribution in [0.25, 0.3) is 0 Å². The van der Waals surface area contributed by atoms with Crippen molar-refractivity contribution >= 4 is 54.5 Å². The van der Waals surface area contributed by atoms with Crippen LogP contribution in [0.2, 0.25) is 0 Å². The maximum atomic E-state index is 3.75.